The first-order chi connectivity index (χ1) is 13.0. The molecule has 1 aromatic carbocycles. The van der Waals surface area contributed by atoms with Gasteiger partial charge in [-0.05, 0) is 25.8 Å². The lowest BCUT2D eigenvalue weighted by atomic mass is 10.1. The Bertz CT molecular complexity index is 962. The molecule has 1 aliphatic heterocycles. The molecule has 7 nitrogen and oxygen atoms in total. The standard InChI is InChI=1S/C19H22FN3O4/c1-2-27-18-15-12(9-14(20)16(18)22-7-5-21-6-8-22)17(24)13(19(25)26)10-23(15)11-3-4-11/h9-11,21H,2-8H2,1H3,(H,25,26). The molecule has 1 saturated heterocycles. The minimum absolute atomic E-state index is 0.0571. The van der Waals surface area contributed by atoms with Crippen LogP contribution in [0.2, 0.25) is 0 Å². The molecule has 2 aromatic rings. The fourth-order valence-corrected chi connectivity index (χ4v) is 3.70. The first kappa shape index (κ1) is 17.8. The van der Waals surface area contributed by atoms with Crippen LogP contribution in [0.5, 0.6) is 5.75 Å². The molecule has 0 unspecified atom stereocenters. The molecule has 0 atom stereocenters. The number of halogens is 1. The third kappa shape index (κ3) is 3.03. The van der Waals surface area contributed by atoms with Gasteiger partial charge in [-0.1, -0.05) is 0 Å². The Hall–Kier alpha value is -2.61. The largest absolute Gasteiger partial charge is 0.489 e. The van der Waals surface area contributed by atoms with Gasteiger partial charge in [-0.15, -0.1) is 0 Å². The number of piperazine rings is 1. The summed E-state index contributed by atoms with van der Waals surface area (Å²) in [6, 6.07) is 1.27. The van der Waals surface area contributed by atoms with Crippen molar-refractivity contribution in [1.82, 2.24) is 9.88 Å². The fourth-order valence-electron chi connectivity index (χ4n) is 3.70. The zero-order valence-electron chi connectivity index (χ0n) is 15.1. The predicted molar refractivity (Wildman–Crippen MR) is 99.6 cm³/mol. The Kier molecular flexibility index (Phi) is 4.51. The van der Waals surface area contributed by atoms with Crippen molar-refractivity contribution < 1.29 is 19.0 Å². The number of carbonyl (C=O) groups is 1. The number of hydrogen-bond acceptors (Lipinski definition) is 5. The van der Waals surface area contributed by atoms with Crippen LogP contribution in [0, 0.1) is 5.82 Å². The number of nitrogens with one attached hydrogen (secondary N) is 1. The molecule has 2 heterocycles. The number of aromatic nitrogens is 1. The number of benzene rings is 1. The second-order valence-corrected chi connectivity index (χ2v) is 6.92. The van der Waals surface area contributed by atoms with Crippen molar-refractivity contribution in [3.8, 4) is 5.75 Å². The summed E-state index contributed by atoms with van der Waals surface area (Å²) in [7, 11) is 0. The van der Waals surface area contributed by atoms with E-state index in [9.17, 15) is 14.7 Å². The van der Waals surface area contributed by atoms with Crippen molar-refractivity contribution in [2.75, 3.05) is 37.7 Å². The Morgan fingerprint density at radius 3 is 2.67 bits per heavy atom. The van der Waals surface area contributed by atoms with Gasteiger partial charge in [0.2, 0.25) is 5.43 Å². The second kappa shape index (κ2) is 6.84. The van der Waals surface area contributed by atoms with Gasteiger partial charge < -0.3 is 24.6 Å². The van der Waals surface area contributed by atoms with Crippen molar-refractivity contribution >= 4 is 22.6 Å². The van der Waals surface area contributed by atoms with Gasteiger partial charge in [0, 0.05) is 38.4 Å². The van der Waals surface area contributed by atoms with E-state index in [4.69, 9.17) is 4.74 Å². The SMILES string of the molecule is CCOc1c(N2CCNCC2)c(F)cc2c(=O)c(C(=O)O)cn(C3CC3)c12. The fraction of sp³-hybridized carbons (Fsp3) is 0.474. The van der Waals surface area contributed by atoms with E-state index < -0.39 is 17.2 Å². The van der Waals surface area contributed by atoms with Gasteiger partial charge in [0.15, 0.2) is 11.6 Å². The molecule has 0 bridgehead atoms. The topological polar surface area (TPSA) is 83.8 Å². The zero-order chi connectivity index (χ0) is 19.1. The van der Waals surface area contributed by atoms with Gasteiger partial charge in [0.1, 0.15) is 11.3 Å². The van der Waals surface area contributed by atoms with Crippen LogP contribution < -0.4 is 20.4 Å². The average molecular weight is 375 g/mol. The quantitative estimate of drug-likeness (QED) is 0.832. The average Bonchev–Trinajstić information content (AvgIpc) is 3.48. The van der Waals surface area contributed by atoms with Gasteiger partial charge >= 0.3 is 5.97 Å². The minimum Gasteiger partial charge on any atom is -0.489 e. The predicted octanol–water partition coefficient (Wildman–Crippen LogP) is 1.98. The summed E-state index contributed by atoms with van der Waals surface area (Å²) in [6.45, 7) is 4.85. The van der Waals surface area contributed by atoms with Crippen molar-refractivity contribution in [2.45, 2.75) is 25.8 Å². The third-order valence-electron chi connectivity index (χ3n) is 5.09. The molecule has 0 radical (unpaired) electrons. The maximum absolute atomic E-state index is 15.1. The number of fused-ring (bicyclic) bond motifs is 1. The molecular formula is C19H22FN3O4. The normalized spacial score (nSPS) is 17.3. The van der Waals surface area contributed by atoms with Gasteiger partial charge in [-0.2, -0.15) is 0 Å². The maximum atomic E-state index is 15.1. The molecule has 27 heavy (non-hydrogen) atoms. The van der Waals surface area contributed by atoms with Crippen molar-refractivity contribution in [3.05, 3.63) is 33.9 Å². The lowest BCUT2D eigenvalue weighted by molar-refractivity contribution is 0.0695. The molecule has 8 heteroatoms. The monoisotopic (exact) mass is 375 g/mol. The highest BCUT2D eigenvalue weighted by Crippen LogP contribution is 2.43. The highest BCUT2D eigenvalue weighted by molar-refractivity contribution is 5.97. The van der Waals surface area contributed by atoms with Gasteiger partial charge in [-0.25, -0.2) is 9.18 Å². The summed E-state index contributed by atoms with van der Waals surface area (Å²) < 4.78 is 22.7. The Morgan fingerprint density at radius 1 is 1.37 bits per heavy atom. The molecule has 0 spiro atoms. The lowest BCUT2D eigenvalue weighted by Gasteiger charge is -2.32. The van der Waals surface area contributed by atoms with E-state index in [0.717, 1.165) is 25.9 Å². The number of ether oxygens (including phenoxy) is 1. The van der Waals surface area contributed by atoms with E-state index in [1.165, 1.54) is 12.3 Å². The summed E-state index contributed by atoms with van der Waals surface area (Å²) in [5.41, 5.74) is -0.181. The Morgan fingerprint density at radius 2 is 2.07 bits per heavy atom. The zero-order valence-corrected chi connectivity index (χ0v) is 15.1. The lowest BCUT2D eigenvalue weighted by Crippen LogP contribution is -2.44. The first-order valence-corrected chi connectivity index (χ1v) is 9.26. The summed E-state index contributed by atoms with van der Waals surface area (Å²) in [5, 5.41) is 12.7. The van der Waals surface area contributed by atoms with Crippen LogP contribution in [0.25, 0.3) is 10.9 Å². The minimum atomic E-state index is -1.30. The van der Waals surface area contributed by atoms with Crippen LogP contribution in [-0.2, 0) is 0 Å². The van der Waals surface area contributed by atoms with Gasteiger partial charge in [-0.3, -0.25) is 4.79 Å². The molecule has 0 amide bonds. The second-order valence-electron chi connectivity index (χ2n) is 6.92. The molecule has 1 aliphatic carbocycles. The van der Waals surface area contributed by atoms with Crippen LogP contribution in [0.4, 0.5) is 10.1 Å². The summed E-state index contributed by atoms with van der Waals surface area (Å²) in [6.07, 6.45) is 3.17. The van der Waals surface area contributed by atoms with E-state index in [2.05, 4.69) is 5.32 Å². The third-order valence-corrected chi connectivity index (χ3v) is 5.09. The van der Waals surface area contributed by atoms with Crippen LogP contribution in [-0.4, -0.2) is 48.4 Å². The summed E-state index contributed by atoms with van der Waals surface area (Å²) in [4.78, 5) is 26.2. The van der Waals surface area contributed by atoms with E-state index in [1.807, 2.05) is 11.8 Å². The molecule has 144 valence electrons. The number of pyridine rings is 1. The first-order valence-electron chi connectivity index (χ1n) is 9.26. The molecule has 2 aliphatic rings. The van der Waals surface area contributed by atoms with Gasteiger partial charge in [0.25, 0.3) is 0 Å². The highest BCUT2D eigenvalue weighted by atomic mass is 19.1. The summed E-state index contributed by atoms with van der Waals surface area (Å²) in [5.74, 6) is -1.54. The number of carboxylic acid groups (broad SMARTS) is 1. The molecule has 2 fully saturated rings. The molecule has 1 aromatic heterocycles. The Balaban J connectivity index is 2.06. The number of carboxylic acids is 1. The molecule has 1 saturated carbocycles. The number of aromatic carboxylic acids is 1. The highest BCUT2D eigenvalue weighted by Gasteiger charge is 2.31. The molecular weight excluding hydrogens is 353 g/mol. The Labute approximate surface area is 155 Å². The number of hydrogen-bond donors (Lipinski definition) is 2. The van der Waals surface area contributed by atoms with E-state index in [-0.39, 0.29) is 17.0 Å². The molecule has 4 rings (SSSR count). The molecule has 2 N–H and O–H groups in total. The van der Waals surface area contributed by atoms with E-state index >= 15 is 4.39 Å². The van der Waals surface area contributed by atoms with Crippen molar-refractivity contribution in [3.63, 3.8) is 0 Å². The van der Waals surface area contributed by atoms with Gasteiger partial charge in [0.05, 0.1) is 17.5 Å². The van der Waals surface area contributed by atoms with Crippen LogP contribution in [0.3, 0.4) is 0 Å². The smallest absolute Gasteiger partial charge is 0.341 e. The van der Waals surface area contributed by atoms with Crippen LogP contribution in [0.15, 0.2) is 17.1 Å². The van der Waals surface area contributed by atoms with Crippen LogP contribution in [0.1, 0.15) is 36.2 Å². The summed E-state index contributed by atoms with van der Waals surface area (Å²) >= 11 is 0. The number of anilines is 1. The van der Waals surface area contributed by atoms with Crippen LogP contribution >= 0.6 is 0 Å². The maximum Gasteiger partial charge on any atom is 0.341 e. The van der Waals surface area contributed by atoms with Crippen molar-refractivity contribution in [2.24, 2.45) is 0 Å². The van der Waals surface area contributed by atoms with E-state index in [0.29, 0.717) is 36.6 Å². The number of rotatable bonds is 5. The van der Waals surface area contributed by atoms with Crippen molar-refractivity contribution in [1.29, 1.82) is 0 Å². The number of nitrogens with zero attached hydrogens (tertiary/aromatic N) is 2. The van der Waals surface area contributed by atoms with E-state index in [1.54, 1.807) is 4.57 Å².